The average molecular weight is 208 g/mol. The van der Waals surface area contributed by atoms with Crippen LogP contribution in [0.3, 0.4) is 0 Å². The molecule has 72 valence electrons. The van der Waals surface area contributed by atoms with Crippen LogP contribution in [0.4, 0.5) is 0 Å². The molecule has 0 atom stereocenters. The molecule has 0 aliphatic rings. The molecule has 2 aromatic rings. The van der Waals surface area contributed by atoms with Crippen LogP contribution in [0.25, 0.3) is 10.8 Å². The molecular formula is C11H10ClNO. The fraction of sp³-hybridized carbons (Fsp3) is 0.182. The molecule has 0 radical (unpaired) electrons. The maximum absolute atomic E-state index is 11.8. The summed E-state index contributed by atoms with van der Waals surface area (Å²) in [5.41, 5.74) is 1.01. The standard InChI is InChI=1S/C11H10ClNO/c1-7-6-13(2)11(14)10-8(7)4-3-5-9(10)12/h3-6H,1-2H3. The minimum atomic E-state index is -0.0452. The molecule has 1 heterocycles. The van der Waals surface area contributed by atoms with Gasteiger partial charge in [0.1, 0.15) is 0 Å². The average Bonchev–Trinajstić information content (AvgIpc) is 2.14. The van der Waals surface area contributed by atoms with Gasteiger partial charge in [0.05, 0.1) is 10.4 Å². The summed E-state index contributed by atoms with van der Waals surface area (Å²) in [5, 5.41) is 2.06. The zero-order valence-electron chi connectivity index (χ0n) is 8.04. The Morgan fingerprint density at radius 1 is 1.36 bits per heavy atom. The molecule has 14 heavy (non-hydrogen) atoms. The van der Waals surface area contributed by atoms with E-state index in [4.69, 9.17) is 11.6 Å². The molecule has 3 heteroatoms. The highest BCUT2D eigenvalue weighted by Crippen LogP contribution is 2.21. The Hall–Kier alpha value is -1.28. The first kappa shape index (κ1) is 9.28. The van der Waals surface area contributed by atoms with Crippen LogP contribution in [-0.4, -0.2) is 4.57 Å². The summed E-state index contributed by atoms with van der Waals surface area (Å²) in [6.07, 6.45) is 1.82. The molecule has 2 rings (SSSR count). The van der Waals surface area contributed by atoms with E-state index >= 15 is 0 Å². The van der Waals surface area contributed by atoms with Crippen LogP contribution in [-0.2, 0) is 7.05 Å². The van der Waals surface area contributed by atoms with Crippen molar-refractivity contribution in [3.8, 4) is 0 Å². The third kappa shape index (κ3) is 1.23. The van der Waals surface area contributed by atoms with E-state index in [1.165, 1.54) is 0 Å². The van der Waals surface area contributed by atoms with Crippen LogP contribution in [0.5, 0.6) is 0 Å². The number of benzene rings is 1. The monoisotopic (exact) mass is 207 g/mol. The summed E-state index contributed by atoms with van der Waals surface area (Å²) >= 11 is 5.99. The smallest absolute Gasteiger partial charge is 0.259 e. The number of halogens is 1. The second kappa shape index (κ2) is 3.14. The Labute approximate surface area is 86.7 Å². The summed E-state index contributed by atoms with van der Waals surface area (Å²) in [5.74, 6) is 0. The number of hydrogen-bond acceptors (Lipinski definition) is 1. The van der Waals surface area contributed by atoms with Crippen LogP contribution in [0.1, 0.15) is 5.56 Å². The summed E-state index contributed by atoms with van der Waals surface area (Å²) in [7, 11) is 1.73. The second-order valence-corrected chi connectivity index (χ2v) is 3.80. The van der Waals surface area contributed by atoms with Gasteiger partial charge >= 0.3 is 0 Å². The number of pyridine rings is 1. The normalized spacial score (nSPS) is 10.8. The third-order valence-corrected chi connectivity index (χ3v) is 2.67. The van der Waals surface area contributed by atoms with Crippen LogP contribution in [0, 0.1) is 6.92 Å². The fourth-order valence-electron chi connectivity index (χ4n) is 1.67. The fourth-order valence-corrected chi connectivity index (χ4v) is 1.92. The molecule has 0 aliphatic heterocycles. The molecule has 0 fully saturated rings. The maximum Gasteiger partial charge on any atom is 0.259 e. The van der Waals surface area contributed by atoms with Crippen molar-refractivity contribution in [3.63, 3.8) is 0 Å². The molecule has 0 spiro atoms. The van der Waals surface area contributed by atoms with Crippen LogP contribution >= 0.6 is 11.6 Å². The lowest BCUT2D eigenvalue weighted by Gasteiger charge is -2.06. The summed E-state index contributed by atoms with van der Waals surface area (Å²) in [6, 6.07) is 5.51. The molecule has 0 unspecified atom stereocenters. The van der Waals surface area contributed by atoms with Gasteiger partial charge in [-0.25, -0.2) is 0 Å². The molecule has 0 N–H and O–H groups in total. The van der Waals surface area contributed by atoms with Crippen molar-refractivity contribution in [2.75, 3.05) is 0 Å². The number of hydrogen-bond donors (Lipinski definition) is 0. The number of aryl methyl sites for hydroxylation is 2. The predicted octanol–water partition coefficient (Wildman–Crippen LogP) is 2.50. The first-order valence-electron chi connectivity index (χ1n) is 4.35. The number of fused-ring (bicyclic) bond motifs is 1. The van der Waals surface area contributed by atoms with Crippen LogP contribution in [0.15, 0.2) is 29.2 Å². The van der Waals surface area contributed by atoms with Crippen molar-refractivity contribution >= 4 is 22.4 Å². The van der Waals surface area contributed by atoms with Gasteiger partial charge in [-0.05, 0) is 23.9 Å². The molecule has 0 saturated heterocycles. The van der Waals surface area contributed by atoms with E-state index in [1.807, 2.05) is 25.3 Å². The van der Waals surface area contributed by atoms with E-state index in [1.54, 1.807) is 17.7 Å². The Morgan fingerprint density at radius 3 is 2.79 bits per heavy atom. The van der Waals surface area contributed by atoms with E-state index in [0.717, 1.165) is 10.9 Å². The van der Waals surface area contributed by atoms with E-state index in [2.05, 4.69) is 0 Å². The largest absolute Gasteiger partial charge is 0.318 e. The Morgan fingerprint density at radius 2 is 2.07 bits per heavy atom. The summed E-state index contributed by atoms with van der Waals surface area (Å²) < 4.78 is 1.56. The Kier molecular flexibility index (Phi) is 2.08. The molecular weight excluding hydrogens is 198 g/mol. The van der Waals surface area contributed by atoms with E-state index in [0.29, 0.717) is 10.4 Å². The van der Waals surface area contributed by atoms with Crippen molar-refractivity contribution in [1.29, 1.82) is 0 Å². The quantitative estimate of drug-likeness (QED) is 0.651. The lowest BCUT2D eigenvalue weighted by Crippen LogP contribution is -2.16. The van der Waals surface area contributed by atoms with Gasteiger partial charge in [-0.15, -0.1) is 0 Å². The topological polar surface area (TPSA) is 22.0 Å². The van der Waals surface area contributed by atoms with Crippen molar-refractivity contribution in [2.24, 2.45) is 7.05 Å². The Balaban J connectivity index is 3.11. The minimum absolute atomic E-state index is 0.0452. The Bertz CT molecular complexity index is 557. The number of aromatic nitrogens is 1. The molecule has 0 amide bonds. The minimum Gasteiger partial charge on any atom is -0.318 e. The lowest BCUT2D eigenvalue weighted by molar-refractivity contribution is 0.866. The van der Waals surface area contributed by atoms with Gasteiger partial charge in [0.25, 0.3) is 5.56 Å². The van der Waals surface area contributed by atoms with Gasteiger partial charge in [-0.1, -0.05) is 23.7 Å². The third-order valence-electron chi connectivity index (χ3n) is 2.36. The zero-order chi connectivity index (χ0) is 10.3. The van der Waals surface area contributed by atoms with Gasteiger partial charge in [0, 0.05) is 13.2 Å². The molecule has 0 aliphatic carbocycles. The van der Waals surface area contributed by atoms with E-state index in [-0.39, 0.29) is 5.56 Å². The van der Waals surface area contributed by atoms with Gasteiger partial charge < -0.3 is 4.57 Å². The van der Waals surface area contributed by atoms with Crippen molar-refractivity contribution in [1.82, 2.24) is 4.57 Å². The first-order chi connectivity index (χ1) is 6.61. The van der Waals surface area contributed by atoms with Gasteiger partial charge in [0.15, 0.2) is 0 Å². The van der Waals surface area contributed by atoms with Crippen molar-refractivity contribution in [3.05, 3.63) is 45.3 Å². The highest BCUT2D eigenvalue weighted by molar-refractivity contribution is 6.35. The lowest BCUT2D eigenvalue weighted by atomic mass is 10.1. The van der Waals surface area contributed by atoms with Crippen molar-refractivity contribution < 1.29 is 0 Å². The molecule has 0 saturated carbocycles. The molecule has 2 nitrogen and oxygen atoms in total. The zero-order valence-corrected chi connectivity index (χ0v) is 8.80. The van der Waals surface area contributed by atoms with Crippen LogP contribution in [0.2, 0.25) is 5.02 Å². The molecule has 1 aromatic carbocycles. The maximum atomic E-state index is 11.8. The molecule has 0 bridgehead atoms. The van der Waals surface area contributed by atoms with Crippen molar-refractivity contribution in [2.45, 2.75) is 6.92 Å². The summed E-state index contributed by atoms with van der Waals surface area (Å²) in [4.78, 5) is 11.8. The van der Waals surface area contributed by atoms with E-state index in [9.17, 15) is 4.79 Å². The highest BCUT2D eigenvalue weighted by Gasteiger charge is 2.06. The molecule has 1 aromatic heterocycles. The van der Waals surface area contributed by atoms with Gasteiger partial charge in [0.2, 0.25) is 0 Å². The van der Waals surface area contributed by atoms with E-state index < -0.39 is 0 Å². The number of rotatable bonds is 0. The van der Waals surface area contributed by atoms with Gasteiger partial charge in [-0.3, -0.25) is 4.79 Å². The first-order valence-corrected chi connectivity index (χ1v) is 4.73. The number of nitrogens with zero attached hydrogens (tertiary/aromatic N) is 1. The summed E-state index contributed by atoms with van der Waals surface area (Å²) in [6.45, 7) is 1.97. The van der Waals surface area contributed by atoms with Crippen LogP contribution < -0.4 is 5.56 Å². The predicted molar refractivity (Wildman–Crippen MR) is 58.9 cm³/mol. The van der Waals surface area contributed by atoms with Gasteiger partial charge in [-0.2, -0.15) is 0 Å². The second-order valence-electron chi connectivity index (χ2n) is 3.39. The SMILES string of the molecule is Cc1cn(C)c(=O)c2c(Cl)cccc12. The highest BCUT2D eigenvalue weighted by atomic mass is 35.5.